The summed E-state index contributed by atoms with van der Waals surface area (Å²) < 4.78 is 12.8. The van der Waals surface area contributed by atoms with Gasteiger partial charge in [0.25, 0.3) is 0 Å². The molecule has 1 aliphatic carbocycles. The number of piperidine rings is 1. The molecule has 1 heterocycles. The maximum Gasteiger partial charge on any atom is 0.103 e. The van der Waals surface area contributed by atoms with Crippen LogP contribution < -0.4 is 0 Å². The van der Waals surface area contributed by atoms with Crippen LogP contribution in [0.25, 0.3) is 0 Å². The topological polar surface area (TPSA) is 3.24 Å². The lowest BCUT2D eigenvalue weighted by atomic mass is 10.0. The first-order chi connectivity index (χ1) is 6.34. The van der Waals surface area contributed by atoms with E-state index in [2.05, 4.69) is 4.90 Å². The fraction of sp³-hybridized carbons (Fsp3) is 1.00. The average molecular weight is 185 g/mol. The Kier molecular flexibility index (Phi) is 3.20. The summed E-state index contributed by atoms with van der Waals surface area (Å²) in [4.78, 5) is 2.46. The molecule has 0 radical (unpaired) electrons. The Labute approximate surface area is 80.3 Å². The van der Waals surface area contributed by atoms with Gasteiger partial charge in [-0.3, -0.25) is 0 Å². The minimum absolute atomic E-state index is 0.514. The van der Waals surface area contributed by atoms with E-state index in [0.717, 1.165) is 31.8 Å². The van der Waals surface area contributed by atoms with Gasteiger partial charge in [-0.25, -0.2) is 4.39 Å². The van der Waals surface area contributed by atoms with E-state index in [4.69, 9.17) is 0 Å². The second kappa shape index (κ2) is 4.41. The predicted octanol–water partition coefficient (Wildman–Crippen LogP) is 2.61. The molecule has 2 heteroatoms. The van der Waals surface area contributed by atoms with Crippen molar-refractivity contribution in [2.45, 2.75) is 44.7 Å². The SMILES string of the molecule is FC1CCN(CC2CCCC2)CC1. The molecule has 0 unspecified atom stereocenters. The van der Waals surface area contributed by atoms with E-state index in [1.807, 2.05) is 0 Å². The zero-order valence-corrected chi connectivity index (χ0v) is 8.34. The number of halogens is 1. The van der Waals surface area contributed by atoms with Gasteiger partial charge in [0, 0.05) is 19.6 Å². The highest BCUT2D eigenvalue weighted by Crippen LogP contribution is 2.26. The molecule has 0 N–H and O–H groups in total. The highest BCUT2D eigenvalue weighted by molar-refractivity contribution is 4.76. The zero-order chi connectivity index (χ0) is 9.10. The molecule has 0 spiro atoms. The molecule has 1 nitrogen and oxygen atoms in total. The molecular weight excluding hydrogens is 165 g/mol. The minimum atomic E-state index is -0.514. The number of alkyl halides is 1. The Morgan fingerprint density at radius 1 is 1.00 bits per heavy atom. The van der Waals surface area contributed by atoms with Crippen LogP contribution >= 0.6 is 0 Å². The Morgan fingerprint density at radius 2 is 1.62 bits per heavy atom. The molecule has 2 aliphatic rings. The largest absolute Gasteiger partial charge is 0.303 e. The molecule has 76 valence electrons. The number of hydrogen-bond donors (Lipinski definition) is 0. The molecule has 2 rings (SSSR count). The number of likely N-dealkylation sites (tertiary alicyclic amines) is 1. The van der Waals surface area contributed by atoms with Gasteiger partial charge < -0.3 is 4.90 Å². The quantitative estimate of drug-likeness (QED) is 0.639. The molecule has 0 aromatic heterocycles. The van der Waals surface area contributed by atoms with Crippen LogP contribution in [0.15, 0.2) is 0 Å². The monoisotopic (exact) mass is 185 g/mol. The summed E-state index contributed by atoms with van der Waals surface area (Å²) in [6, 6.07) is 0. The normalized spacial score (nSPS) is 28.4. The number of hydrogen-bond acceptors (Lipinski definition) is 1. The molecule has 0 bridgehead atoms. The van der Waals surface area contributed by atoms with Gasteiger partial charge in [0.05, 0.1) is 0 Å². The van der Waals surface area contributed by atoms with Crippen molar-refractivity contribution in [2.75, 3.05) is 19.6 Å². The smallest absolute Gasteiger partial charge is 0.103 e. The van der Waals surface area contributed by atoms with Crippen LogP contribution in [0.4, 0.5) is 4.39 Å². The highest BCUT2D eigenvalue weighted by Gasteiger charge is 2.22. The summed E-state index contributed by atoms with van der Waals surface area (Å²) >= 11 is 0. The van der Waals surface area contributed by atoms with Gasteiger partial charge in [0.1, 0.15) is 6.17 Å². The van der Waals surface area contributed by atoms with Crippen molar-refractivity contribution in [2.24, 2.45) is 5.92 Å². The Morgan fingerprint density at radius 3 is 2.23 bits per heavy atom. The van der Waals surface area contributed by atoms with E-state index in [9.17, 15) is 4.39 Å². The lowest BCUT2D eigenvalue weighted by Gasteiger charge is -2.30. The van der Waals surface area contributed by atoms with Crippen molar-refractivity contribution < 1.29 is 4.39 Å². The first-order valence-electron chi connectivity index (χ1n) is 5.71. The molecule has 2 fully saturated rings. The third-order valence-electron chi connectivity index (χ3n) is 3.51. The Bertz CT molecular complexity index is 146. The maximum atomic E-state index is 12.8. The fourth-order valence-corrected chi connectivity index (χ4v) is 2.64. The second-order valence-electron chi connectivity index (χ2n) is 4.63. The highest BCUT2D eigenvalue weighted by atomic mass is 19.1. The molecular formula is C11H20FN. The van der Waals surface area contributed by atoms with E-state index in [-0.39, 0.29) is 0 Å². The van der Waals surface area contributed by atoms with E-state index in [1.54, 1.807) is 0 Å². The van der Waals surface area contributed by atoms with Crippen LogP contribution in [0.5, 0.6) is 0 Å². The van der Waals surface area contributed by atoms with Gasteiger partial charge in [-0.1, -0.05) is 12.8 Å². The van der Waals surface area contributed by atoms with Crippen LogP contribution in [0.1, 0.15) is 38.5 Å². The molecule has 13 heavy (non-hydrogen) atoms. The Hall–Kier alpha value is -0.110. The number of nitrogens with zero attached hydrogens (tertiary/aromatic N) is 1. The third kappa shape index (κ3) is 2.67. The van der Waals surface area contributed by atoms with Crippen LogP contribution in [0, 0.1) is 5.92 Å². The lowest BCUT2D eigenvalue weighted by molar-refractivity contribution is 0.135. The van der Waals surface area contributed by atoms with Crippen molar-refractivity contribution in [3.63, 3.8) is 0 Å². The van der Waals surface area contributed by atoms with E-state index in [1.165, 1.54) is 32.2 Å². The fourth-order valence-electron chi connectivity index (χ4n) is 2.64. The van der Waals surface area contributed by atoms with Gasteiger partial charge in [-0.05, 0) is 31.6 Å². The molecule has 0 atom stereocenters. The first kappa shape index (κ1) is 9.45. The van der Waals surface area contributed by atoms with Gasteiger partial charge in [-0.2, -0.15) is 0 Å². The second-order valence-corrected chi connectivity index (χ2v) is 4.63. The lowest BCUT2D eigenvalue weighted by Crippen LogP contribution is -2.37. The third-order valence-corrected chi connectivity index (χ3v) is 3.51. The van der Waals surface area contributed by atoms with Gasteiger partial charge in [-0.15, -0.1) is 0 Å². The van der Waals surface area contributed by atoms with Gasteiger partial charge in [0.15, 0.2) is 0 Å². The number of rotatable bonds is 2. The first-order valence-corrected chi connectivity index (χ1v) is 5.71. The predicted molar refractivity (Wildman–Crippen MR) is 52.5 cm³/mol. The van der Waals surface area contributed by atoms with Crippen LogP contribution in [0.2, 0.25) is 0 Å². The van der Waals surface area contributed by atoms with E-state index in [0.29, 0.717) is 0 Å². The van der Waals surface area contributed by atoms with Crippen LogP contribution in [-0.2, 0) is 0 Å². The summed E-state index contributed by atoms with van der Waals surface area (Å²) in [7, 11) is 0. The van der Waals surface area contributed by atoms with Crippen molar-refractivity contribution in [3.8, 4) is 0 Å². The summed E-state index contributed by atoms with van der Waals surface area (Å²) in [5, 5.41) is 0. The molecule has 0 aromatic rings. The zero-order valence-electron chi connectivity index (χ0n) is 8.34. The minimum Gasteiger partial charge on any atom is -0.303 e. The molecule has 0 amide bonds. The van der Waals surface area contributed by atoms with Crippen molar-refractivity contribution >= 4 is 0 Å². The maximum absolute atomic E-state index is 12.8. The van der Waals surface area contributed by atoms with E-state index < -0.39 is 6.17 Å². The van der Waals surface area contributed by atoms with Crippen LogP contribution in [0.3, 0.4) is 0 Å². The molecule has 1 saturated carbocycles. The van der Waals surface area contributed by atoms with Crippen LogP contribution in [-0.4, -0.2) is 30.7 Å². The Balaban J connectivity index is 1.69. The molecule has 1 aliphatic heterocycles. The van der Waals surface area contributed by atoms with Gasteiger partial charge >= 0.3 is 0 Å². The molecule has 1 saturated heterocycles. The average Bonchev–Trinajstić information content (AvgIpc) is 2.62. The van der Waals surface area contributed by atoms with Crippen molar-refractivity contribution in [3.05, 3.63) is 0 Å². The summed E-state index contributed by atoms with van der Waals surface area (Å²) in [5.41, 5.74) is 0. The molecule has 0 aromatic carbocycles. The summed E-state index contributed by atoms with van der Waals surface area (Å²) in [6.45, 7) is 3.24. The standard InChI is InChI=1S/C11H20FN/c12-11-5-7-13(8-6-11)9-10-3-1-2-4-10/h10-11H,1-9H2. The van der Waals surface area contributed by atoms with E-state index >= 15 is 0 Å². The summed E-state index contributed by atoms with van der Waals surface area (Å²) in [6.07, 6.45) is 6.69. The van der Waals surface area contributed by atoms with Crippen molar-refractivity contribution in [1.29, 1.82) is 0 Å². The summed E-state index contributed by atoms with van der Waals surface area (Å²) in [5.74, 6) is 0.927. The van der Waals surface area contributed by atoms with Crippen molar-refractivity contribution in [1.82, 2.24) is 4.90 Å². The van der Waals surface area contributed by atoms with Gasteiger partial charge in [0.2, 0.25) is 0 Å².